The molecule has 1 amide bonds. The summed E-state index contributed by atoms with van der Waals surface area (Å²) in [7, 11) is 0. The fourth-order valence-corrected chi connectivity index (χ4v) is 3.50. The number of oxime groups is 1. The molecule has 144 valence electrons. The van der Waals surface area contributed by atoms with Gasteiger partial charge in [0.15, 0.2) is 0 Å². The van der Waals surface area contributed by atoms with Gasteiger partial charge in [-0.05, 0) is 11.6 Å². The Hall–Kier alpha value is -3.42. The van der Waals surface area contributed by atoms with Crippen LogP contribution in [0.1, 0.15) is 12.0 Å². The van der Waals surface area contributed by atoms with Crippen molar-refractivity contribution in [1.82, 2.24) is 4.90 Å². The average molecular weight is 380 g/mol. The molecule has 8 nitrogen and oxygen atoms in total. The van der Waals surface area contributed by atoms with Crippen molar-refractivity contribution >= 4 is 23.0 Å². The Morgan fingerprint density at radius 3 is 2.54 bits per heavy atom. The molecule has 8 heteroatoms. The summed E-state index contributed by atoms with van der Waals surface area (Å²) in [5.41, 5.74) is 2.62. The largest absolute Gasteiger partial charge is 0.382 e. The number of rotatable bonds is 4. The molecule has 0 radical (unpaired) electrons. The normalized spacial score (nSPS) is 19.1. The number of nitro benzene ring substituents is 1. The van der Waals surface area contributed by atoms with E-state index in [0.29, 0.717) is 32.6 Å². The average Bonchev–Trinajstić information content (AvgIpc) is 3.24. The van der Waals surface area contributed by atoms with Crippen molar-refractivity contribution in [2.75, 3.05) is 31.1 Å². The summed E-state index contributed by atoms with van der Waals surface area (Å²) in [5.74, 6) is -0.0617. The van der Waals surface area contributed by atoms with Gasteiger partial charge in [0.2, 0.25) is 6.10 Å². The first-order valence-corrected chi connectivity index (χ1v) is 9.18. The van der Waals surface area contributed by atoms with Gasteiger partial charge in [-0.1, -0.05) is 41.6 Å². The maximum absolute atomic E-state index is 12.8. The van der Waals surface area contributed by atoms with Crippen molar-refractivity contribution < 1.29 is 14.6 Å². The van der Waals surface area contributed by atoms with Crippen LogP contribution in [0.25, 0.3) is 0 Å². The van der Waals surface area contributed by atoms with Gasteiger partial charge in [-0.3, -0.25) is 14.9 Å². The number of amides is 1. The zero-order chi connectivity index (χ0) is 19.5. The Morgan fingerprint density at radius 1 is 1.07 bits per heavy atom. The van der Waals surface area contributed by atoms with E-state index >= 15 is 0 Å². The van der Waals surface area contributed by atoms with E-state index in [4.69, 9.17) is 4.84 Å². The van der Waals surface area contributed by atoms with E-state index < -0.39 is 11.0 Å². The van der Waals surface area contributed by atoms with E-state index in [-0.39, 0.29) is 11.6 Å². The van der Waals surface area contributed by atoms with Crippen molar-refractivity contribution in [3.05, 3.63) is 70.3 Å². The van der Waals surface area contributed by atoms with E-state index in [1.54, 1.807) is 17.0 Å². The number of hydrogen-bond donors (Lipinski definition) is 0. The van der Waals surface area contributed by atoms with E-state index in [0.717, 1.165) is 17.0 Å². The second-order valence-electron chi connectivity index (χ2n) is 6.79. The summed E-state index contributed by atoms with van der Waals surface area (Å²) >= 11 is 0. The monoisotopic (exact) mass is 380 g/mol. The smallest absolute Gasteiger partial charge is 0.271 e. The van der Waals surface area contributed by atoms with Crippen LogP contribution in [0, 0.1) is 10.1 Å². The predicted octanol–water partition coefficient (Wildman–Crippen LogP) is 2.44. The quantitative estimate of drug-likeness (QED) is 0.600. The maximum Gasteiger partial charge on any atom is 0.271 e. The molecular formula is C20H20N4O4. The third-order valence-electron chi connectivity index (χ3n) is 5.05. The number of benzene rings is 2. The van der Waals surface area contributed by atoms with Crippen LogP contribution in [0.3, 0.4) is 0 Å². The van der Waals surface area contributed by atoms with Crippen LogP contribution in [0.15, 0.2) is 59.8 Å². The van der Waals surface area contributed by atoms with Gasteiger partial charge in [-0.25, -0.2) is 0 Å². The molecule has 0 N–H and O–H groups in total. The van der Waals surface area contributed by atoms with Gasteiger partial charge in [0.05, 0.1) is 10.6 Å². The van der Waals surface area contributed by atoms with Gasteiger partial charge >= 0.3 is 0 Å². The standard InChI is InChI=1S/C20H20N4O4/c25-20(19-14-18(21-28-19)15-5-2-1-3-6-15)23-11-9-22(10-12-23)16-7-4-8-17(13-16)24(26)27/h1-8,13,19H,9-12,14H2. The Kier molecular flexibility index (Phi) is 4.92. The molecule has 28 heavy (non-hydrogen) atoms. The number of anilines is 1. The summed E-state index contributed by atoms with van der Waals surface area (Å²) in [6.45, 7) is 2.32. The summed E-state index contributed by atoms with van der Waals surface area (Å²) < 4.78 is 0. The molecule has 2 aromatic rings. The van der Waals surface area contributed by atoms with Gasteiger partial charge in [-0.2, -0.15) is 0 Å². The molecule has 0 aliphatic carbocycles. The molecular weight excluding hydrogens is 360 g/mol. The highest BCUT2D eigenvalue weighted by atomic mass is 16.6. The van der Waals surface area contributed by atoms with Crippen LogP contribution in [0.5, 0.6) is 0 Å². The topological polar surface area (TPSA) is 88.3 Å². The minimum Gasteiger partial charge on any atom is -0.382 e. The molecule has 2 aliphatic heterocycles. The lowest BCUT2D eigenvalue weighted by Crippen LogP contribution is -2.51. The van der Waals surface area contributed by atoms with Gasteiger partial charge in [-0.15, -0.1) is 0 Å². The minimum atomic E-state index is -0.584. The molecule has 2 heterocycles. The highest BCUT2D eigenvalue weighted by Crippen LogP contribution is 2.23. The zero-order valence-electron chi connectivity index (χ0n) is 15.2. The third kappa shape index (κ3) is 3.66. The second-order valence-corrected chi connectivity index (χ2v) is 6.79. The molecule has 2 aliphatic rings. The number of nitro groups is 1. The number of carbonyl (C=O) groups is 1. The highest BCUT2D eigenvalue weighted by molar-refractivity contribution is 6.04. The van der Waals surface area contributed by atoms with Crippen molar-refractivity contribution in [2.24, 2.45) is 5.16 Å². The molecule has 1 unspecified atom stereocenters. The number of carbonyl (C=O) groups excluding carboxylic acids is 1. The second kappa shape index (κ2) is 7.67. The maximum atomic E-state index is 12.8. The van der Waals surface area contributed by atoms with E-state index in [2.05, 4.69) is 10.1 Å². The first-order chi connectivity index (χ1) is 13.6. The number of hydrogen-bond acceptors (Lipinski definition) is 6. The molecule has 0 saturated carbocycles. The van der Waals surface area contributed by atoms with Crippen molar-refractivity contribution in [3.8, 4) is 0 Å². The molecule has 4 rings (SSSR count). The van der Waals surface area contributed by atoms with Crippen LogP contribution in [-0.4, -0.2) is 53.7 Å². The highest BCUT2D eigenvalue weighted by Gasteiger charge is 2.33. The third-order valence-corrected chi connectivity index (χ3v) is 5.05. The Labute approximate surface area is 162 Å². The lowest BCUT2D eigenvalue weighted by Gasteiger charge is -2.36. The van der Waals surface area contributed by atoms with Crippen molar-refractivity contribution in [1.29, 1.82) is 0 Å². The van der Waals surface area contributed by atoms with Crippen molar-refractivity contribution in [3.63, 3.8) is 0 Å². The molecule has 1 fully saturated rings. The van der Waals surface area contributed by atoms with Gasteiger partial charge in [0.25, 0.3) is 11.6 Å². The Morgan fingerprint density at radius 2 is 1.82 bits per heavy atom. The molecule has 1 saturated heterocycles. The number of nitrogens with zero attached hydrogens (tertiary/aromatic N) is 4. The lowest BCUT2D eigenvalue weighted by atomic mass is 10.0. The predicted molar refractivity (Wildman–Crippen MR) is 104 cm³/mol. The molecule has 2 aromatic carbocycles. The molecule has 0 aromatic heterocycles. The van der Waals surface area contributed by atoms with Gasteiger partial charge in [0, 0.05) is 50.4 Å². The summed E-state index contributed by atoms with van der Waals surface area (Å²) in [4.78, 5) is 32.6. The van der Waals surface area contributed by atoms with Crippen LogP contribution in [0.4, 0.5) is 11.4 Å². The minimum absolute atomic E-state index is 0.0617. The first-order valence-electron chi connectivity index (χ1n) is 9.18. The number of non-ortho nitro benzene ring substituents is 1. The van der Waals surface area contributed by atoms with Crippen molar-refractivity contribution in [2.45, 2.75) is 12.5 Å². The van der Waals surface area contributed by atoms with E-state index in [1.807, 2.05) is 36.4 Å². The SMILES string of the molecule is O=C(C1CC(c2ccccc2)=NO1)N1CCN(c2cccc([N+](=O)[O-])c2)CC1. The first kappa shape index (κ1) is 18.0. The summed E-state index contributed by atoms with van der Waals surface area (Å²) in [5, 5.41) is 15.0. The van der Waals surface area contributed by atoms with Gasteiger partial charge in [0.1, 0.15) is 0 Å². The van der Waals surface area contributed by atoms with Crippen LogP contribution in [0.2, 0.25) is 0 Å². The van der Waals surface area contributed by atoms with Gasteiger partial charge < -0.3 is 14.6 Å². The van der Waals surface area contributed by atoms with Crippen LogP contribution < -0.4 is 4.90 Å². The zero-order valence-corrected chi connectivity index (χ0v) is 15.2. The number of piperazine rings is 1. The Balaban J connectivity index is 1.34. The molecule has 0 spiro atoms. The Bertz CT molecular complexity index is 907. The van der Waals surface area contributed by atoms with E-state index in [9.17, 15) is 14.9 Å². The van der Waals surface area contributed by atoms with Crippen LogP contribution in [-0.2, 0) is 9.63 Å². The fourth-order valence-electron chi connectivity index (χ4n) is 3.50. The summed E-state index contributed by atoms with van der Waals surface area (Å²) in [6, 6.07) is 16.3. The molecule has 1 atom stereocenters. The van der Waals surface area contributed by atoms with Crippen LogP contribution >= 0.6 is 0 Å². The lowest BCUT2D eigenvalue weighted by molar-refractivity contribution is -0.384. The fraction of sp³-hybridized carbons (Fsp3) is 0.300. The van der Waals surface area contributed by atoms with E-state index in [1.165, 1.54) is 6.07 Å². The molecule has 0 bridgehead atoms. The summed E-state index contributed by atoms with van der Waals surface area (Å²) in [6.07, 6.45) is -0.118.